The number of fused-ring (bicyclic) bond motifs is 3. The van der Waals surface area contributed by atoms with Crippen molar-refractivity contribution in [1.29, 1.82) is 0 Å². The number of benzene rings is 5. The van der Waals surface area contributed by atoms with E-state index in [1.165, 1.54) is 11.9 Å². The lowest BCUT2D eigenvalue weighted by Crippen LogP contribution is -2.54. The molecule has 0 aliphatic heterocycles. The quantitative estimate of drug-likeness (QED) is 0.133. The van der Waals surface area contributed by atoms with Crippen molar-refractivity contribution < 1.29 is 19.4 Å². The molecular formula is C38H33NO4S. The summed E-state index contributed by atoms with van der Waals surface area (Å²) in [5.41, 5.74) is 6.16. The highest BCUT2D eigenvalue weighted by Gasteiger charge is 2.47. The number of ether oxygens (including phenoxy) is 1. The van der Waals surface area contributed by atoms with Crippen LogP contribution in [0.4, 0.5) is 4.79 Å². The van der Waals surface area contributed by atoms with Gasteiger partial charge in [0.1, 0.15) is 6.61 Å². The molecule has 1 aliphatic rings. The minimum absolute atomic E-state index is 0.0869. The molecule has 44 heavy (non-hydrogen) atoms. The van der Waals surface area contributed by atoms with Crippen molar-refractivity contribution in [2.24, 2.45) is 0 Å². The average molecular weight is 600 g/mol. The standard InChI is InChI=1S/C38H33NO4S/c1-39(37(42)43-24-34-32-21-10-8-19-30(32)31-20-9-11-22-33(31)34)38(25-44,36(40)41)29-18-12-17-28(23-29)35(26-13-4-2-5-14-26)27-15-6-3-7-16-27/h2-23,34-35,44H,24-25H2,1H3,(H,40,41)/t38-/m1/s1. The summed E-state index contributed by atoms with van der Waals surface area (Å²) in [6.45, 7) is 0.0869. The van der Waals surface area contributed by atoms with Gasteiger partial charge < -0.3 is 9.84 Å². The Labute approximate surface area is 263 Å². The lowest BCUT2D eigenvalue weighted by molar-refractivity contribution is -0.149. The predicted octanol–water partition coefficient (Wildman–Crippen LogP) is 7.96. The number of thiol groups is 1. The highest BCUT2D eigenvalue weighted by atomic mass is 32.1. The summed E-state index contributed by atoms with van der Waals surface area (Å²) in [6, 6.07) is 43.9. The fraction of sp³-hybridized carbons (Fsp3) is 0.158. The number of carbonyl (C=O) groups excluding carboxylic acids is 1. The van der Waals surface area contributed by atoms with E-state index >= 15 is 0 Å². The van der Waals surface area contributed by atoms with Gasteiger partial charge in [-0.3, -0.25) is 4.90 Å². The molecule has 6 rings (SSSR count). The zero-order valence-corrected chi connectivity index (χ0v) is 25.2. The van der Waals surface area contributed by atoms with Crippen molar-refractivity contribution in [3.05, 3.63) is 167 Å². The van der Waals surface area contributed by atoms with E-state index in [9.17, 15) is 14.7 Å². The summed E-state index contributed by atoms with van der Waals surface area (Å²) in [5.74, 6) is -1.61. The summed E-state index contributed by atoms with van der Waals surface area (Å²) in [6.07, 6.45) is -0.726. The molecule has 1 atom stereocenters. The number of hydrogen-bond acceptors (Lipinski definition) is 4. The van der Waals surface area contributed by atoms with Gasteiger partial charge in [-0.05, 0) is 44.5 Å². The topological polar surface area (TPSA) is 66.8 Å². The molecule has 1 N–H and O–H groups in total. The second kappa shape index (κ2) is 12.4. The zero-order chi connectivity index (χ0) is 30.7. The van der Waals surface area contributed by atoms with Gasteiger partial charge >= 0.3 is 12.1 Å². The van der Waals surface area contributed by atoms with E-state index in [0.29, 0.717) is 5.56 Å². The van der Waals surface area contributed by atoms with Crippen LogP contribution < -0.4 is 0 Å². The predicted molar refractivity (Wildman–Crippen MR) is 176 cm³/mol. The number of carbonyl (C=O) groups is 2. The number of carboxylic acids is 1. The van der Waals surface area contributed by atoms with Gasteiger partial charge in [0.2, 0.25) is 0 Å². The number of rotatable bonds is 9. The molecule has 0 heterocycles. The minimum Gasteiger partial charge on any atom is -0.479 e. The van der Waals surface area contributed by atoms with E-state index in [2.05, 4.69) is 49.0 Å². The number of likely N-dealkylation sites (N-methyl/N-ethyl adjacent to an activating group) is 1. The third kappa shape index (κ3) is 5.16. The van der Waals surface area contributed by atoms with Gasteiger partial charge in [-0.15, -0.1) is 0 Å². The number of aliphatic carboxylic acids is 1. The van der Waals surface area contributed by atoms with Gasteiger partial charge in [0.05, 0.1) is 0 Å². The molecule has 0 unspecified atom stereocenters. The first kappa shape index (κ1) is 29.3. The van der Waals surface area contributed by atoms with Gasteiger partial charge in [0, 0.05) is 24.6 Å². The monoisotopic (exact) mass is 599 g/mol. The smallest absolute Gasteiger partial charge is 0.410 e. The van der Waals surface area contributed by atoms with Crippen LogP contribution in [-0.2, 0) is 15.1 Å². The van der Waals surface area contributed by atoms with Crippen LogP contribution in [0.3, 0.4) is 0 Å². The Balaban J connectivity index is 1.32. The summed E-state index contributed by atoms with van der Waals surface area (Å²) < 4.78 is 5.89. The summed E-state index contributed by atoms with van der Waals surface area (Å²) in [5, 5.41) is 10.7. The number of nitrogens with zero attached hydrogens (tertiary/aromatic N) is 1. The van der Waals surface area contributed by atoms with E-state index in [-0.39, 0.29) is 24.2 Å². The molecule has 0 saturated carbocycles. The Bertz CT molecular complexity index is 1710. The lowest BCUT2D eigenvalue weighted by Gasteiger charge is -2.37. The molecule has 0 spiro atoms. The highest BCUT2D eigenvalue weighted by Crippen LogP contribution is 2.45. The molecular weight excluding hydrogens is 566 g/mol. The molecule has 5 aromatic rings. The van der Waals surface area contributed by atoms with Gasteiger partial charge in [-0.25, -0.2) is 9.59 Å². The van der Waals surface area contributed by atoms with Crippen LogP contribution in [0.25, 0.3) is 11.1 Å². The number of amides is 1. The van der Waals surface area contributed by atoms with Crippen molar-refractivity contribution in [2.45, 2.75) is 17.4 Å². The molecule has 0 saturated heterocycles. The van der Waals surface area contributed by atoms with E-state index in [1.54, 1.807) is 6.07 Å². The Morgan fingerprint density at radius 1 is 0.750 bits per heavy atom. The summed E-state index contributed by atoms with van der Waals surface area (Å²) in [7, 11) is 1.47. The highest BCUT2D eigenvalue weighted by molar-refractivity contribution is 7.80. The van der Waals surface area contributed by atoms with Crippen molar-refractivity contribution in [1.82, 2.24) is 4.90 Å². The number of carboxylic acid groups (broad SMARTS) is 1. The van der Waals surface area contributed by atoms with Crippen molar-refractivity contribution in [3.8, 4) is 11.1 Å². The maximum absolute atomic E-state index is 13.7. The molecule has 6 heteroatoms. The zero-order valence-electron chi connectivity index (χ0n) is 24.3. The number of hydrogen-bond donors (Lipinski definition) is 2. The van der Waals surface area contributed by atoms with Crippen LogP contribution in [0, 0.1) is 0 Å². The SMILES string of the molecule is CN(C(=O)OCC1c2ccccc2-c2ccccc21)[C@@](CS)(C(=O)O)c1cccc(C(c2ccccc2)c2ccccc2)c1. The van der Waals surface area contributed by atoms with Crippen LogP contribution in [0.1, 0.15) is 45.2 Å². The van der Waals surface area contributed by atoms with Crippen LogP contribution in [0.2, 0.25) is 0 Å². The largest absolute Gasteiger partial charge is 0.479 e. The third-order valence-electron chi connectivity index (χ3n) is 8.73. The maximum atomic E-state index is 13.7. The molecule has 0 aromatic heterocycles. The van der Waals surface area contributed by atoms with Crippen LogP contribution in [0.5, 0.6) is 0 Å². The van der Waals surface area contributed by atoms with Gasteiger partial charge in [-0.2, -0.15) is 12.6 Å². The normalized spacial score (nSPS) is 13.5. The van der Waals surface area contributed by atoms with Gasteiger partial charge in [-0.1, -0.05) is 133 Å². The van der Waals surface area contributed by atoms with Crippen LogP contribution >= 0.6 is 12.6 Å². The second-order valence-corrected chi connectivity index (χ2v) is 11.4. The maximum Gasteiger partial charge on any atom is 0.410 e. The summed E-state index contributed by atoms with van der Waals surface area (Å²) in [4.78, 5) is 28.0. The fourth-order valence-electron chi connectivity index (χ4n) is 6.42. The molecule has 220 valence electrons. The van der Waals surface area contributed by atoms with Crippen molar-refractivity contribution >= 4 is 24.7 Å². The van der Waals surface area contributed by atoms with Crippen molar-refractivity contribution in [2.75, 3.05) is 19.4 Å². The molecule has 1 aliphatic carbocycles. The molecule has 0 radical (unpaired) electrons. The average Bonchev–Trinajstić information content (AvgIpc) is 3.39. The van der Waals surface area contributed by atoms with E-state index in [4.69, 9.17) is 4.74 Å². The van der Waals surface area contributed by atoms with Crippen molar-refractivity contribution in [3.63, 3.8) is 0 Å². The third-order valence-corrected chi connectivity index (χ3v) is 9.19. The minimum atomic E-state index is -1.76. The van der Waals surface area contributed by atoms with E-state index < -0.39 is 17.6 Å². The molecule has 5 nitrogen and oxygen atoms in total. The van der Waals surface area contributed by atoms with Gasteiger partial charge in [0.25, 0.3) is 0 Å². The van der Waals surface area contributed by atoms with E-state index in [1.807, 2.05) is 91.0 Å². The molecule has 5 aromatic carbocycles. The lowest BCUT2D eigenvalue weighted by atomic mass is 9.82. The Morgan fingerprint density at radius 2 is 1.25 bits per heavy atom. The molecule has 1 amide bonds. The Kier molecular flexibility index (Phi) is 8.27. The summed E-state index contributed by atoms with van der Waals surface area (Å²) >= 11 is 4.51. The first-order chi connectivity index (χ1) is 21.5. The first-order valence-electron chi connectivity index (χ1n) is 14.6. The Hall–Kier alpha value is -4.81. The van der Waals surface area contributed by atoms with Crippen LogP contribution in [0.15, 0.2) is 133 Å². The second-order valence-electron chi connectivity index (χ2n) is 11.1. The van der Waals surface area contributed by atoms with E-state index in [0.717, 1.165) is 38.9 Å². The molecule has 0 bridgehead atoms. The fourth-order valence-corrected chi connectivity index (χ4v) is 6.95. The Morgan fingerprint density at radius 3 is 1.77 bits per heavy atom. The van der Waals surface area contributed by atoms with Gasteiger partial charge in [0.15, 0.2) is 5.54 Å². The van der Waals surface area contributed by atoms with Crippen LogP contribution in [-0.4, -0.2) is 41.5 Å². The molecule has 0 fully saturated rings. The first-order valence-corrected chi connectivity index (χ1v) is 15.2.